The average molecular weight is 457 g/mol. The Morgan fingerprint density at radius 2 is 1.64 bits per heavy atom. The number of carbonyl (C=O) groups excluding carboxylic acids is 1. The first-order valence-corrected chi connectivity index (χ1v) is 11.1. The van der Waals surface area contributed by atoms with E-state index in [0.29, 0.717) is 41.6 Å². The summed E-state index contributed by atoms with van der Waals surface area (Å²) in [6.07, 6.45) is 2.60. The first-order valence-electron chi connectivity index (χ1n) is 11.1. The first kappa shape index (κ1) is 23.2. The number of rotatable bonds is 8. The zero-order chi connectivity index (χ0) is 23.5. The van der Waals surface area contributed by atoms with E-state index >= 15 is 0 Å². The summed E-state index contributed by atoms with van der Waals surface area (Å²) >= 11 is 0. The van der Waals surface area contributed by atoms with Gasteiger partial charge in [0.25, 0.3) is 5.91 Å². The number of carbonyl (C=O) groups is 1. The van der Waals surface area contributed by atoms with Crippen LogP contribution in [0.15, 0.2) is 30.3 Å². The second-order valence-electron chi connectivity index (χ2n) is 8.23. The van der Waals surface area contributed by atoms with Crippen LogP contribution in [0.2, 0.25) is 0 Å². The highest BCUT2D eigenvalue weighted by molar-refractivity contribution is 6.00. The van der Waals surface area contributed by atoms with Crippen LogP contribution >= 0.6 is 0 Å². The van der Waals surface area contributed by atoms with E-state index < -0.39 is 0 Å². The minimum atomic E-state index is -0.208. The summed E-state index contributed by atoms with van der Waals surface area (Å²) in [5.41, 5.74) is 2.46. The minimum Gasteiger partial charge on any atom is -0.493 e. The molecule has 0 radical (unpaired) electrons. The topological polar surface area (TPSA) is 69.7 Å². The Balaban J connectivity index is 1.85. The lowest BCUT2D eigenvalue weighted by Gasteiger charge is -2.44. The lowest BCUT2D eigenvalue weighted by Crippen LogP contribution is -2.54. The summed E-state index contributed by atoms with van der Waals surface area (Å²) < 4.78 is 27.6. The largest absolute Gasteiger partial charge is 0.493 e. The van der Waals surface area contributed by atoms with Gasteiger partial charge >= 0.3 is 0 Å². The van der Waals surface area contributed by atoms with Gasteiger partial charge < -0.3 is 23.7 Å². The molecule has 0 saturated carbocycles. The van der Waals surface area contributed by atoms with E-state index in [1.807, 2.05) is 35.3 Å². The summed E-state index contributed by atoms with van der Waals surface area (Å²) in [5, 5.41) is 4.05. The van der Waals surface area contributed by atoms with Gasteiger partial charge in [0.15, 0.2) is 23.0 Å². The minimum absolute atomic E-state index is 0.102. The molecule has 1 fully saturated rings. The van der Waals surface area contributed by atoms with Gasteiger partial charge in [-0.05, 0) is 48.6 Å². The molecule has 1 amide bonds. The molecule has 1 saturated heterocycles. The predicted molar refractivity (Wildman–Crippen MR) is 123 cm³/mol. The van der Waals surface area contributed by atoms with Crippen LogP contribution in [0.5, 0.6) is 23.0 Å². The maximum Gasteiger partial charge on any atom is 0.272 e. The van der Waals surface area contributed by atoms with E-state index in [1.54, 1.807) is 35.5 Å². The summed E-state index contributed by atoms with van der Waals surface area (Å²) in [4.78, 5) is 14.1. The quantitative estimate of drug-likeness (QED) is 0.602. The molecule has 0 bridgehead atoms. The second-order valence-corrected chi connectivity index (χ2v) is 8.23. The molecule has 2 aliphatic heterocycles. The predicted octanol–water partition coefficient (Wildman–Crippen LogP) is 3.49. The van der Waals surface area contributed by atoms with Crippen molar-refractivity contribution in [2.24, 2.45) is 0 Å². The molecule has 0 N–H and O–H groups in total. The summed E-state index contributed by atoms with van der Waals surface area (Å²) in [5.74, 6) is 2.20. The smallest absolute Gasteiger partial charge is 0.272 e. The van der Waals surface area contributed by atoms with Crippen molar-refractivity contribution < 1.29 is 28.5 Å². The Morgan fingerprint density at radius 1 is 0.909 bits per heavy atom. The van der Waals surface area contributed by atoms with Gasteiger partial charge in [0.1, 0.15) is 0 Å². The monoisotopic (exact) mass is 456 g/mol. The third-order valence-electron chi connectivity index (χ3n) is 6.54. The van der Waals surface area contributed by atoms with Gasteiger partial charge in [-0.15, -0.1) is 0 Å². The number of hydrogen-bond donors (Lipinski definition) is 0. The molecule has 8 nitrogen and oxygen atoms in total. The number of ether oxygens (including phenoxy) is 5. The second kappa shape index (κ2) is 9.89. The maximum absolute atomic E-state index is 14.1. The van der Waals surface area contributed by atoms with E-state index in [2.05, 4.69) is 5.01 Å². The van der Waals surface area contributed by atoms with E-state index in [0.717, 1.165) is 30.5 Å². The SMILES string of the molecule is COC[C@H]1CCCN1N1C(=O)c2c(ccc(OC)c2OC)C[C@H]1c1ccc(OC)c(OC)c1. The number of benzene rings is 2. The fourth-order valence-corrected chi connectivity index (χ4v) is 5.00. The van der Waals surface area contributed by atoms with Gasteiger partial charge in [-0.25, -0.2) is 5.01 Å². The fourth-order valence-electron chi connectivity index (χ4n) is 5.00. The maximum atomic E-state index is 14.1. The molecule has 0 spiro atoms. The third kappa shape index (κ3) is 4.09. The molecule has 178 valence electrons. The Morgan fingerprint density at radius 3 is 2.30 bits per heavy atom. The molecule has 4 rings (SSSR count). The first-order chi connectivity index (χ1) is 16.1. The van der Waals surface area contributed by atoms with Crippen LogP contribution in [0.4, 0.5) is 0 Å². The summed E-state index contributed by atoms with van der Waals surface area (Å²) in [7, 11) is 8.08. The van der Waals surface area contributed by atoms with Crippen LogP contribution in [-0.2, 0) is 11.2 Å². The lowest BCUT2D eigenvalue weighted by molar-refractivity contribution is -0.0641. The van der Waals surface area contributed by atoms with E-state index in [9.17, 15) is 4.79 Å². The molecule has 2 atom stereocenters. The number of nitrogens with zero attached hydrogens (tertiary/aromatic N) is 2. The van der Waals surface area contributed by atoms with Crippen molar-refractivity contribution in [1.29, 1.82) is 0 Å². The van der Waals surface area contributed by atoms with Gasteiger partial charge in [-0.2, -0.15) is 0 Å². The lowest BCUT2D eigenvalue weighted by atomic mass is 9.89. The van der Waals surface area contributed by atoms with Crippen LogP contribution in [0.3, 0.4) is 0 Å². The van der Waals surface area contributed by atoms with Crippen molar-refractivity contribution in [3.05, 3.63) is 47.0 Å². The van der Waals surface area contributed by atoms with E-state index in [-0.39, 0.29) is 18.0 Å². The van der Waals surface area contributed by atoms with Crippen molar-refractivity contribution in [3.63, 3.8) is 0 Å². The van der Waals surface area contributed by atoms with Gasteiger partial charge in [0, 0.05) is 13.7 Å². The van der Waals surface area contributed by atoms with Crippen LogP contribution in [0.25, 0.3) is 0 Å². The van der Waals surface area contributed by atoms with Crippen LogP contribution in [0, 0.1) is 0 Å². The molecule has 2 aromatic carbocycles. The fraction of sp³-hybridized carbons (Fsp3) is 0.480. The Hall–Kier alpha value is -2.97. The molecular weight excluding hydrogens is 424 g/mol. The number of methoxy groups -OCH3 is 5. The zero-order valence-electron chi connectivity index (χ0n) is 19.9. The third-order valence-corrected chi connectivity index (χ3v) is 6.54. The highest BCUT2D eigenvalue weighted by atomic mass is 16.5. The molecular formula is C25H32N2O6. The number of hydrogen-bond acceptors (Lipinski definition) is 7. The molecule has 33 heavy (non-hydrogen) atoms. The van der Waals surface area contributed by atoms with Crippen LogP contribution in [-0.4, -0.2) is 70.7 Å². The van der Waals surface area contributed by atoms with Crippen LogP contribution < -0.4 is 18.9 Å². The molecule has 0 aliphatic carbocycles. The van der Waals surface area contributed by atoms with Crippen molar-refractivity contribution in [3.8, 4) is 23.0 Å². The van der Waals surface area contributed by atoms with Gasteiger partial charge in [0.05, 0.1) is 52.7 Å². The van der Waals surface area contributed by atoms with E-state index in [1.165, 1.54) is 0 Å². The molecule has 2 aliphatic rings. The normalized spacial score (nSPS) is 20.5. The Kier molecular flexibility index (Phi) is 6.95. The van der Waals surface area contributed by atoms with Gasteiger partial charge in [0.2, 0.25) is 0 Å². The molecule has 2 aromatic rings. The molecule has 0 aromatic heterocycles. The standard InChI is InChI=1S/C25H32N2O6/c1-29-15-18-7-6-12-26(18)27-19(16-8-10-20(30-2)22(14-16)32-4)13-17-9-11-21(31-3)24(33-5)23(17)25(27)28/h8-11,14,18-19H,6-7,12-13,15H2,1-5H3/t18-,19+/m1/s1. The summed E-state index contributed by atoms with van der Waals surface area (Å²) in [6.45, 7) is 1.34. The summed E-state index contributed by atoms with van der Waals surface area (Å²) in [6, 6.07) is 9.57. The van der Waals surface area contributed by atoms with Crippen LogP contribution in [0.1, 0.15) is 40.4 Å². The Bertz CT molecular complexity index is 1010. The van der Waals surface area contributed by atoms with E-state index in [4.69, 9.17) is 23.7 Å². The van der Waals surface area contributed by atoms with Crippen molar-refractivity contribution in [2.45, 2.75) is 31.3 Å². The van der Waals surface area contributed by atoms with Gasteiger partial charge in [-0.1, -0.05) is 12.1 Å². The molecule has 0 unspecified atom stereocenters. The zero-order valence-corrected chi connectivity index (χ0v) is 19.9. The van der Waals surface area contributed by atoms with Crippen molar-refractivity contribution in [2.75, 3.05) is 48.7 Å². The van der Waals surface area contributed by atoms with Crippen molar-refractivity contribution >= 4 is 5.91 Å². The molecule has 2 heterocycles. The number of amides is 1. The molecule has 8 heteroatoms. The number of hydrazine groups is 1. The van der Waals surface area contributed by atoms with Crippen molar-refractivity contribution in [1.82, 2.24) is 10.0 Å². The highest BCUT2D eigenvalue weighted by Crippen LogP contribution is 2.44. The Labute approximate surface area is 194 Å². The number of fused-ring (bicyclic) bond motifs is 1. The average Bonchev–Trinajstić information content (AvgIpc) is 3.30. The van der Waals surface area contributed by atoms with Gasteiger partial charge in [-0.3, -0.25) is 9.80 Å². The highest BCUT2D eigenvalue weighted by Gasteiger charge is 2.43.